The van der Waals surface area contributed by atoms with Gasteiger partial charge in [-0.3, -0.25) is 4.79 Å². The summed E-state index contributed by atoms with van der Waals surface area (Å²) in [5, 5.41) is 2.97. The first kappa shape index (κ1) is 19.9. The quantitative estimate of drug-likeness (QED) is 0.812. The van der Waals surface area contributed by atoms with Crippen molar-refractivity contribution in [1.29, 1.82) is 0 Å². The van der Waals surface area contributed by atoms with Crippen LogP contribution < -0.4 is 11.1 Å². The van der Waals surface area contributed by atoms with E-state index >= 15 is 0 Å². The predicted molar refractivity (Wildman–Crippen MR) is 87.0 cm³/mol. The van der Waals surface area contributed by atoms with Gasteiger partial charge in [-0.25, -0.2) is 4.39 Å². The van der Waals surface area contributed by atoms with Gasteiger partial charge in [0.25, 0.3) is 0 Å². The molecule has 0 aliphatic heterocycles. The minimum Gasteiger partial charge on any atom is -0.352 e. The van der Waals surface area contributed by atoms with Crippen LogP contribution in [-0.4, -0.2) is 18.5 Å². The summed E-state index contributed by atoms with van der Waals surface area (Å²) in [6.45, 7) is 6.50. The molecule has 0 spiro atoms. The number of nitrogens with two attached hydrogens (primary N) is 1. The Labute approximate surface area is 132 Å². The summed E-state index contributed by atoms with van der Waals surface area (Å²) in [4.78, 5) is 12.1. The second-order valence-electron chi connectivity index (χ2n) is 5.81. The molecule has 0 aliphatic carbocycles. The SMILES string of the molecule is CC(C)CC(CN)NC(=O)C(C)Cc1cccc(F)c1.Cl. The highest BCUT2D eigenvalue weighted by molar-refractivity contribution is 5.85. The number of rotatable bonds is 7. The second kappa shape index (κ2) is 9.74. The van der Waals surface area contributed by atoms with E-state index in [9.17, 15) is 9.18 Å². The van der Waals surface area contributed by atoms with Gasteiger partial charge in [-0.2, -0.15) is 0 Å². The fourth-order valence-corrected chi connectivity index (χ4v) is 2.24. The van der Waals surface area contributed by atoms with E-state index in [4.69, 9.17) is 5.73 Å². The van der Waals surface area contributed by atoms with E-state index in [1.807, 2.05) is 13.0 Å². The zero-order valence-corrected chi connectivity index (χ0v) is 13.8. The van der Waals surface area contributed by atoms with Crippen LogP contribution in [0.15, 0.2) is 24.3 Å². The molecule has 21 heavy (non-hydrogen) atoms. The summed E-state index contributed by atoms with van der Waals surface area (Å²) >= 11 is 0. The lowest BCUT2D eigenvalue weighted by Gasteiger charge is -2.21. The van der Waals surface area contributed by atoms with Crippen LogP contribution in [0.25, 0.3) is 0 Å². The van der Waals surface area contributed by atoms with Gasteiger partial charge in [0.1, 0.15) is 5.82 Å². The molecular weight excluding hydrogens is 291 g/mol. The van der Waals surface area contributed by atoms with E-state index in [0.717, 1.165) is 12.0 Å². The van der Waals surface area contributed by atoms with Gasteiger partial charge in [0, 0.05) is 18.5 Å². The van der Waals surface area contributed by atoms with Crippen molar-refractivity contribution in [2.24, 2.45) is 17.6 Å². The highest BCUT2D eigenvalue weighted by atomic mass is 35.5. The molecule has 0 bridgehead atoms. The normalized spacial score (nSPS) is 13.4. The number of benzene rings is 1. The van der Waals surface area contributed by atoms with Gasteiger partial charge in [-0.05, 0) is 36.5 Å². The Hall–Kier alpha value is -1.13. The van der Waals surface area contributed by atoms with Crippen LogP contribution in [0.5, 0.6) is 0 Å². The Kier molecular flexibility index (Phi) is 9.22. The number of hydrogen-bond acceptors (Lipinski definition) is 2. The Bertz CT molecular complexity index is 440. The standard InChI is InChI=1S/C16H25FN2O.ClH/c1-11(2)7-15(10-18)19-16(20)12(3)8-13-5-4-6-14(17)9-13;/h4-6,9,11-12,15H,7-8,10,18H2,1-3H3,(H,19,20);1H. The van der Waals surface area contributed by atoms with Gasteiger partial charge < -0.3 is 11.1 Å². The summed E-state index contributed by atoms with van der Waals surface area (Å²) in [6.07, 6.45) is 1.40. The zero-order chi connectivity index (χ0) is 15.1. The third-order valence-electron chi connectivity index (χ3n) is 3.27. The van der Waals surface area contributed by atoms with E-state index in [2.05, 4.69) is 19.2 Å². The van der Waals surface area contributed by atoms with Crippen molar-refractivity contribution in [3.8, 4) is 0 Å². The van der Waals surface area contributed by atoms with E-state index in [-0.39, 0.29) is 36.1 Å². The average Bonchev–Trinajstić information content (AvgIpc) is 2.37. The molecule has 2 unspecified atom stereocenters. The molecule has 1 amide bonds. The Morgan fingerprint density at radius 2 is 2.00 bits per heavy atom. The number of carbonyl (C=O) groups excluding carboxylic acids is 1. The van der Waals surface area contributed by atoms with Crippen molar-refractivity contribution in [3.63, 3.8) is 0 Å². The third-order valence-corrected chi connectivity index (χ3v) is 3.27. The summed E-state index contributed by atoms with van der Waals surface area (Å²) in [7, 11) is 0. The first-order valence-electron chi connectivity index (χ1n) is 7.17. The van der Waals surface area contributed by atoms with Gasteiger partial charge in [-0.15, -0.1) is 12.4 Å². The van der Waals surface area contributed by atoms with E-state index in [0.29, 0.717) is 18.9 Å². The number of carbonyl (C=O) groups is 1. The van der Waals surface area contributed by atoms with Crippen LogP contribution in [0, 0.1) is 17.7 Å². The van der Waals surface area contributed by atoms with Crippen molar-refractivity contribution in [1.82, 2.24) is 5.32 Å². The second-order valence-corrected chi connectivity index (χ2v) is 5.81. The average molecular weight is 317 g/mol. The topological polar surface area (TPSA) is 55.1 Å². The van der Waals surface area contributed by atoms with Gasteiger partial charge in [0.2, 0.25) is 5.91 Å². The van der Waals surface area contributed by atoms with Crippen LogP contribution in [0.2, 0.25) is 0 Å². The minimum atomic E-state index is -0.269. The Morgan fingerprint density at radius 1 is 1.33 bits per heavy atom. The summed E-state index contributed by atoms with van der Waals surface area (Å²) < 4.78 is 13.1. The molecule has 0 fully saturated rings. The fraction of sp³-hybridized carbons (Fsp3) is 0.562. The number of amides is 1. The maximum atomic E-state index is 13.1. The van der Waals surface area contributed by atoms with Gasteiger partial charge in [-0.1, -0.05) is 32.9 Å². The molecule has 0 aromatic heterocycles. The minimum absolute atomic E-state index is 0. The number of halogens is 2. The molecule has 0 saturated carbocycles. The molecule has 3 nitrogen and oxygen atoms in total. The monoisotopic (exact) mass is 316 g/mol. The van der Waals surface area contributed by atoms with Crippen molar-refractivity contribution >= 4 is 18.3 Å². The van der Waals surface area contributed by atoms with E-state index < -0.39 is 0 Å². The molecule has 0 saturated heterocycles. The maximum absolute atomic E-state index is 13.1. The predicted octanol–water partition coefficient (Wildman–Crippen LogP) is 2.92. The van der Waals surface area contributed by atoms with Crippen molar-refractivity contribution in [3.05, 3.63) is 35.6 Å². The van der Waals surface area contributed by atoms with Crippen LogP contribution >= 0.6 is 12.4 Å². The van der Waals surface area contributed by atoms with Crippen molar-refractivity contribution in [2.45, 2.75) is 39.7 Å². The lowest BCUT2D eigenvalue weighted by Crippen LogP contribution is -2.43. The molecule has 3 N–H and O–H groups in total. The molecule has 120 valence electrons. The first-order chi connectivity index (χ1) is 9.42. The highest BCUT2D eigenvalue weighted by Crippen LogP contribution is 2.11. The lowest BCUT2D eigenvalue weighted by atomic mass is 9.98. The molecule has 1 aromatic rings. The van der Waals surface area contributed by atoms with Crippen molar-refractivity contribution in [2.75, 3.05) is 6.54 Å². The molecule has 2 atom stereocenters. The molecule has 1 rings (SSSR count). The van der Waals surface area contributed by atoms with Crippen LogP contribution in [-0.2, 0) is 11.2 Å². The summed E-state index contributed by atoms with van der Waals surface area (Å²) in [5.74, 6) is 0.000462. The van der Waals surface area contributed by atoms with Crippen LogP contribution in [0.1, 0.15) is 32.8 Å². The molecule has 0 aliphatic rings. The number of hydrogen-bond donors (Lipinski definition) is 2. The van der Waals surface area contributed by atoms with E-state index in [1.54, 1.807) is 6.07 Å². The lowest BCUT2D eigenvalue weighted by molar-refractivity contribution is -0.125. The van der Waals surface area contributed by atoms with Gasteiger partial charge >= 0.3 is 0 Å². The number of nitrogens with one attached hydrogen (secondary N) is 1. The van der Waals surface area contributed by atoms with Crippen molar-refractivity contribution < 1.29 is 9.18 Å². The Morgan fingerprint density at radius 3 is 2.52 bits per heavy atom. The van der Waals surface area contributed by atoms with E-state index in [1.165, 1.54) is 12.1 Å². The fourth-order valence-electron chi connectivity index (χ4n) is 2.24. The smallest absolute Gasteiger partial charge is 0.223 e. The Balaban J connectivity index is 0.00000400. The van der Waals surface area contributed by atoms with Gasteiger partial charge in [0.15, 0.2) is 0 Å². The van der Waals surface area contributed by atoms with Crippen LogP contribution in [0.4, 0.5) is 4.39 Å². The first-order valence-corrected chi connectivity index (χ1v) is 7.17. The molecule has 5 heteroatoms. The molecule has 0 heterocycles. The van der Waals surface area contributed by atoms with Gasteiger partial charge in [0.05, 0.1) is 0 Å². The summed E-state index contributed by atoms with van der Waals surface area (Å²) in [5.41, 5.74) is 6.51. The molecule has 1 aromatic carbocycles. The molecule has 0 radical (unpaired) electrons. The highest BCUT2D eigenvalue weighted by Gasteiger charge is 2.18. The molecular formula is C16H26ClFN2O. The summed E-state index contributed by atoms with van der Waals surface area (Å²) in [6, 6.07) is 6.38. The largest absolute Gasteiger partial charge is 0.352 e. The zero-order valence-electron chi connectivity index (χ0n) is 12.9. The third kappa shape index (κ3) is 7.44. The maximum Gasteiger partial charge on any atom is 0.223 e. The van der Waals surface area contributed by atoms with Crippen LogP contribution in [0.3, 0.4) is 0 Å².